The first-order chi connectivity index (χ1) is 14.7. The van der Waals surface area contributed by atoms with Gasteiger partial charge in [-0.15, -0.1) is 5.10 Å². The molecule has 0 saturated carbocycles. The average Bonchev–Trinajstić information content (AvgIpc) is 2.77. The van der Waals surface area contributed by atoms with Crippen LogP contribution in [0.2, 0.25) is 0 Å². The molecule has 0 bridgehead atoms. The number of carbonyl (C=O) groups excluding carboxylic acids is 1. The summed E-state index contributed by atoms with van der Waals surface area (Å²) in [6.45, 7) is 0. The van der Waals surface area contributed by atoms with Crippen LogP contribution < -0.4 is 15.9 Å². The molecule has 0 radical (unpaired) electrons. The molecule has 30 heavy (non-hydrogen) atoms. The molecule has 5 nitrogen and oxygen atoms in total. The topological polar surface area (TPSA) is 57.1 Å². The van der Waals surface area contributed by atoms with Gasteiger partial charge in [0.2, 0.25) is 0 Å². The predicted octanol–water partition coefficient (Wildman–Crippen LogP) is 3.53. The van der Waals surface area contributed by atoms with Gasteiger partial charge in [-0.3, -0.25) is 15.1 Å². The second kappa shape index (κ2) is 8.08. The minimum absolute atomic E-state index is 0.164. The largest absolute Gasteiger partial charge is 0.298 e. The SMILES string of the molecule is O=C1NC(SCc2ccccc2)=NN2C1=c1ccccc1=N[C@@H]2c1cccc(Br)c1. The predicted molar refractivity (Wildman–Crippen MR) is 123 cm³/mol. The van der Waals surface area contributed by atoms with Crippen LogP contribution in [0, 0.1) is 0 Å². The number of hydrogen-bond donors (Lipinski definition) is 1. The Hall–Kier alpha value is -2.90. The van der Waals surface area contributed by atoms with Gasteiger partial charge in [0, 0.05) is 15.4 Å². The van der Waals surface area contributed by atoms with Crippen LogP contribution in [0.3, 0.4) is 0 Å². The minimum atomic E-state index is -0.411. The van der Waals surface area contributed by atoms with Gasteiger partial charge in [0.25, 0.3) is 5.91 Å². The number of carbonyl (C=O) groups is 1. The van der Waals surface area contributed by atoms with E-state index in [0.29, 0.717) is 10.9 Å². The van der Waals surface area contributed by atoms with E-state index in [1.807, 2.05) is 66.7 Å². The zero-order valence-electron chi connectivity index (χ0n) is 15.8. The van der Waals surface area contributed by atoms with E-state index in [2.05, 4.69) is 33.4 Å². The first-order valence-corrected chi connectivity index (χ1v) is 11.3. The third-order valence-electron chi connectivity index (χ3n) is 4.88. The van der Waals surface area contributed by atoms with Crippen molar-refractivity contribution >= 4 is 44.5 Å². The van der Waals surface area contributed by atoms with Crippen molar-refractivity contribution in [2.24, 2.45) is 10.1 Å². The molecule has 1 amide bonds. The number of benzene rings is 3. The highest BCUT2D eigenvalue weighted by Gasteiger charge is 2.34. The molecular formula is C23H17BrN4OS. The molecule has 2 heterocycles. The molecule has 7 heteroatoms. The molecule has 5 rings (SSSR count). The fraction of sp³-hybridized carbons (Fsp3) is 0.0870. The highest BCUT2D eigenvalue weighted by molar-refractivity contribution is 9.10. The third kappa shape index (κ3) is 3.66. The van der Waals surface area contributed by atoms with Gasteiger partial charge in [-0.05, 0) is 29.3 Å². The standard InChI is InChI=1S/C23H17BrN4OS/c24-17-10-6-9-16(13-17)21-25-19-12-5-4-11-18(19)20-22(29)26-23(27-28(20)21)30-14-15-7-2-1-3-8-15/h1-13,21H,14H2,(H,26,27,29)/t21-/m0/s1. The summed E-state index contributed by atoms with van der Waals surface area (Å²) in [6.07, 6.45) is -0.411. The number of hydrogen-bond acceptors (Lipinski definition) is 5. The zero-order chi connectivity index (χ0) is 20.5. The van der Waals surface area contributed by atoms with Gasteiger partial charge >= 0.3 is 0 Å². The number of hydrazone groups is 1. The quantitative estimate of drug-likeness (QED) is 0.628. The first-order valence-electron chi connectivity index (χ1n) is 9.47. The Morgan fingerprint density at radius 1 is 1.00 bits per heavy atom. The van der Waals surface area contributed by atoms with Crippen molar-refractivity contribution in [1.82, 2.24) is 10.3 Å². The lowest BCUT2D eigenvalue weighted by Crippen LogP contribution is -2.50. The maximum Gasteiger partial charge on any atom is 0.276 e. The second-order valence-electron chi connectivity index (χ2n) is 6.90. The van der Waals surface area contributed by atoms with E-state index in [-0.39, 0.29) is 5.91 Å². The van der Waals surface area contributed by atoms with Crippen LogP contribution in [0.25, 0.3) is 5.70 Å². The summed E-state index contributed by atoms with van der Waals surface area (Å²) in [7, 11) is 0. The van der Waals surface area contributed by atoms with Crippen LogP contribution in [-0.2, 0) is 10.5 Å². The fourth-order valence-electron chi connectivity index (χ4n) is 3.50. The number of halogens is 1. The zero-order valence-corrected chi connectivity index (χ0v) is 18.2. The number of amides is 1. The Morgan fingerprint density at radius 2 is 1.80 bits per heavy atom. The molecule has 2 aliphatic rings. The lowest BCUT2D eigenvalue weighted by Gasteiger charge is -2.34. The Labute approximate surface area is 186 Å². The monoisotopic (exact) mass is 476 g/mol. The van der Waals surface area contributed by atoms with Crippen LogP contribution in [0.1, 0.15) is 17.3 Å². The van der Waals surface area contributed by atoms with Gasteiger partial charge in [-0.25, -0.2) is 5.01 Å². The Kier molecular flexibility index (Phi) is 5.14. The molecule has 0 aromatic heterocycles. The summed E-state index contributed by atoms with van der Waals surface area (Å²) in [5.74, 6) is 0.557. The lowest BCUT2D eigenvalue weighted by molar-refractivity contribution is -0.116. The van der Waals surface area contributed by atoms with Crippen molar-refractivity contribution in [2.45, 2.75) is 11.9 Å². The van der Waals surface area contributed by atoms with Gasteiger partial charge in [0.05, 0.1) is 5.36 Å². The van der Waals surface area contributed by atoms with Crippen LogP contribution in [0.15, 0.2) is 93.4 Å². The maximum absolute atomic E-state index is 13.1. The van der Waals surface area contributed by atoms with E-state index in [4.69, 9.17) is 10.1 Å². The summed E-state index contributed by atoms with van der Waals surface area (Å²) in [5, 5.41) is 11.6. The van der Waals surface area contributed by atoms with E-state index in [9.17, 15) is 4.79 Å². The van der Waals surface area contributed by atoms with Crippen molar-refractivity contribution in [3.8, 4) is 0 Å². The molecule has 3 aromatic rings. The van der Waals surface area contributed by atoms with Crippen LogP contribution in [0.4, 0.5) is 0 Å². The molecule has 0 spiro atoms. The molecule has 0 fully saturated rings. The molecule has 2 aliphatic heterocycles. The maximum atomic E-state index is 13.1. The van der Waals surface area contributed by atoms with Crippen molar-refractivity contribution in [3.63, 3.8) is 0 Å². The summed E-state index contributed by atoms with van der Waals surface area (Å²) in [6, 6.07) is 25.8. The van der Waals surface area contributed by atoms with E-state index >= 15 is 0 Å². The molecular weight excluding hydrogens is 460 g/mol. The number of amidine groups is 1. The van der Waals surface area contributed by atoms with Crippen LogP contribution in [-0.4, -0.2) is 16.1 Å². The molecule has 148 valence electrons. The summed E-state index contributed by atoms with van der Waals surface area (Å²) < 4.78 is 0.958. The fourth-order valence-corrected chi connectivity index (χ4v) is 4.73. The van der Waals surface area contributed by atoms with Crippen molar-refractivity contribution in [2.75, 3.05) is 0 Å². The summed E-state index contributed by atoms with van der Waals surface area (Å²) >= 11 is 5.04. The number of nitrogens with one attached hydrogen (secondary N) is 1. The van der Waals surface area contributed by atoms with Crippen LogP contribution >= 0.6 is 27.7 Å². The molecule has 1 atom stereocenters. The normalized spacial score (nSPS) is 17.4. The molecule has 1 N–H and O–H groups in total. The van der Waals surface area contributed by atoms with E-state index in [0.717, 1.165) is 26.4 Å². The Morgan fingerprint density at radius 3 is 2.63 bits per heavy atom. The highest BCUT2D eigenvalue weighted by atomic mass is 79.9. The van der Waals surface area contributed by atoms with Gasteiger partial charge in [-0.2, -0.15) is 0 Å². The third-order valence-corrected chi connectivity index (χ3v) is 6.31. The number of rotatable bonds is 3. The molecule has 0 unspecified atom stereocenters. The van der Waals surface area contributed by atoms with Gasteiger partial charge in [-0.1, -0.05) is 88.4 Å². The average molecular weight is 477 g/mol. The second-order valence-corrected chi connectivity index (χ2v) is 8.78. The van der Waals surface area contributed by atoms with Crippen molar-refractivity contribution in [3.05, 3.63) is 105 Å². The molecule has 0 saturated heterocycles. The Balaban J connectivity index is 1.58. The first kappa shape index (κ1) is 19.1. The number of fused-ring (bicyclic) bond motifs is 2. The van der Waals surface area contributed by atoms with Crippen LogP contribution in [0.5, 0.6) is 0 Å². The summed E-state index contributed by atoms with van der Waals surface area (Å²) in [5.41, 5.74) is 2.66. The number of thioether (sulfide) groups is 1. The molecule has 3 aromatic carbocycles. The number of nitrogens with zero attached hydrogens (tertiary/aromatic N) is 3. The van der Waals surface area contributed by atoms with Gasteiger partial charge < -0.3 is 0 Å². The van der Waals surface area contributed by atoms with Crippen molar-refractivity contribution < 1.29 is 4.79 Å². The molecule has 0 aliphatic carbocycles. The van der Waals surface area contributed by atoms with E-state index < -0.39 is 6.17 Å². The highest BCUT2D eigenvalue weighted by Crippen LogP contribution is 2.32. The van der Waals surface area contributed by atoms with Crippen molar-refractivity contribution in [1.29, 1.82) is 0 Å². The Bertz CT molecular complexity index is 1280. The minimum Gasteiger partial charge on any atom is -0.298 e. The summed E-state index contributed by atoms with van der Waals surface area (Å²) in [4.78, 5) is 18.0. The van der Waals surface area contributed by atoms with Gasteiger partial charge in [0.15, 0.2) is 11.3 Å². The van der Waals surface area contributed by atoms with E-state index in [1.165, 1.54) is 17.3 Å². The van der Waals surface area contributed by atoms with Gasteiger partial charge in [0.1, 0.15) is 5.70 Å². The lowest BCUT2D eigenvalue weighted by atomic mass is 10.1. The van der Waals surface area contributed by atoms with E-state index in [1.54, 1.807) is 5.01 Å². The number of para-hydroxylation sites is 1. The smallest absolute Gasteiger partial charge is 0.276 e.